The summed E-state index contributed by atoms with van der Waals surface area (Å²) in [5, 5.41) is 0. The first-order valence-electron chi connectivity index (χ1n) is 2.67. The van der Waals surface area contributed by atoms with E-state index < -0.39 is 0 Å². The fraction of sp³-hybridized carbons (Fsp3) is 0.200. The van der Waals surface area contributed by atoms with E-state index in [1.54, 1.807) is 7.05 Å². The van der Waals surface area contributed by atoms with E-state index in [1.165, 1.54) is 10.6 Å². The first-order valence-corrected chi connectivity index (χ1v) is 3.08. The van der Waals surface area contributed by atoms with Gasteiger partial charge < -0.3 is 10.7 Å². The van der Waals surface area contributed by atoms with Gasteiger partial charge in [-0.3, -0.25) is 9.36 Å². The third kappa shape index (κ3) is 1.08. The average molecular weight is 157 g/mol. The minimum atomic E-state index is -0.193. The maximum Gasteiger partial charge on any atom is 0.256 e. The first-order chi connectivity index (χ1) is 4.61. The number of H-pyrrole nitrogens is 1. The van der Waals surface area contributed by atoms with Crippen molar-refractivity contribution in [2.24, 2.45) is 7.05 Å². The molecule has 0 aromatic carbocycles. The van der Waals surface area contributed by atoms with Crippen LogP contribution in [0.1, 0.15) is 0 Å². The molecule has 1 heterocycles. The van der Waals surface area contributed by atoms with Crippen molar-refractivity contribution >= 4 is 18.0 Å². The second-order valence-electron chi connectivity index (χ2n) is 1.93. The largest absolute Gasteiger partial charge is 0.385 e. The number of rotatable bonds is 0. The quantitative estimate of drug-likeness (QED) is 0.522. The second-order valence-corrected chi connectivity index (χ2v) is 2.31. The molecule has 0 saturated carbocycles. The zero-order valence-corrected chi connectivity index (χ0v) is 6.23. The molecule has 5 heteroatoms. The first kappa shape index (κ1) is 7.01. The van der Waals surface area contributed by atoms with Gasteiger partial charge in [0.25, 0.3) is 5.56 Å². The summed E-state index contributed by atoms with van der Waals surface area (Å²) in [6.45, 7) is 0. The lowest BCUT2D eigenvalue weighted by molar-refractivity contribution is 0.809. The molecule has 0 aliphatic carbocycles. The molecule has 4 nitrogen and oxygen atoms in total. The normalized spacial score (nSPS) is 9.70. The molecule has 10 heavy (non-hydrogen) atoms. The molecule has 0 amide bonds. The summed E-state index contributed by atoms with van der Waals surface area (Å²) in [5.74, 6) is 0.299. The van der Waals surface area contributed by atoms with Crippen molar-refractivity contribution in [1.29, 1.82) is 0 Å². The van der Waals surface area contributed by atoms with Crippen LogP contribution in [0, 0.1) is 4.77 Å². The molecule has 1 aromatic heterocycles. The summed E-state index contributed by atoms with van der Waals surface area (Å²) < 4.78 is 1.65. The van der Waals surface area contributed by atoms with Crippen LogP contribution < -0.4 is 11.3 Å². The van der Waals surface area contributed by atoms with Gasteiger partial charge in [-0.15, -0.1) is 0 Å². The van der Waals surface area contributed by atoms with Gasteiger partial charge in [0.15, 0.2) is 4.77 Å². The maximum absolute atomic E-state index is 10.9. The van der Waals surface area contributed by atoms with E-state index in [0.29, 0.717) is 10.6 Å². The van der Waals surface area contributed by atoms with E-state index in [0.717, 1.165) is 0 Å². The van der Waals surface area contributed by atoms with Crippen LogP contribution in [0.2, 0.25) is 0 Å². The van der Waals surface area contributed by atoms with Gasteiger partial charge in [0, 0.05) is 13.1 Å². The highest BCUT2D eigenvalue weighted by Gasteiger charge is 1.91. The van der Waals surface area contributed by atoms with Crippen LogP contribution in [-0.2, 0) is 7.05 Å². The second kappa shape index (κ2) is 2.26. The van der Waals surface area contributed by atoms with E-state index in [1.807, 2.05) is 0 Å². The van der Waals surface area contributed by atoms with E-state index >= 15 is 0 Å². The van der Waals surface area contributed by atoms with E-state index in [2.05, 4.69) is 4.98 Å². The molecule has 0 fully saturated rings. The molecule has 0 unspecified atom stereocenters. The molecule has 0 bridgehead atoms. The summed E-state index contributed by atoms with van der Waals surface area (Å²) >= 11 is 4.76. The molecule has 0 radical (unpaired) electrons. The van der Waals surface area contributed by atoms with Crippen LogP contribution in [0.4, 0.5) is 5.82 Å². The molecule has 0 spiro atoms. The Kier molecular flexibility index (Phi) is 1.58. The van der Waals surface area contributed by atoms with E-state index in [4.69, 9.17) is 18.0 Å². The third-order valence-electron chi connectivity index (χ3n) is 1.17. The van der Waals surface area contributed by atoms with Crippen molar-refractivity contribution in [3.8, 4) is 0 Å². The molecule has 1 rings (SSSR count). The Morgan fingerprint density at radius 1 is 1.80 bits per heavy atom. The summed E-state index contributed by atoms with van der Waals surface area (Å²) in [6, 6.07) is 1.29. The minimum Gasteiger partial charge on any atom is -0.385 e. The zero-order chi connectivity index (χ0) is 7.72. The van der Waals surface area contributed by atoms with E-state index in [9.17, 15) is 4.79 Å². The SMILES string of the molecule is Cn1c(=O)cc(N)[nH]c1=S. The van der Waals surface area contributed by atoms with Crippen molar-refractivity contribution in [2.75, 3.05) is 5.73 Å². The van der Waals surface area contributed by atoms with Crippen molar-refractivity contribution in [3.05, 3.63) is 21.2 Å². The van der Waals surface area contributed by atoms with Gasteiger partial charge >= 0.3 is 0 Å². The van der Waals surface area contributed by atoms with Gasteiger partial charge in [0.1, 0.15) is 5.82 Å². The lowest BCUT2D eigenvalue weighted by Crippen LogP contribution is -2.18. The van der Waals surface area contributed by atoms with Gasteiger partial charge in [0.2, 0.25) is 0 Å². The molecule has 1 aromatic rings. The smallest absolute Gasteiger partial charge is 0.256 e. The van der Waals surface area contributed by atoms with Gasteiger partial charge in [-0.25, -0.2) is 0 Å². The number of aromatic nitrogens is 2. The number of anilines is 1. The van der Waals surface area contributed by atoms with Crippen molar-refractivity contribution in [2.45, 2.75) is 0 Å². The van der Waals surface area contributed by atoms with Crippen LogP contribution in [0.3, 0.4) is 0 Å². The summed E-state index contributed by atoms with van der Waals surface area (Å²) in [7, 11) is 1.58. The van der Waals surface area contributed by atoms with Gasteiger partial charge in [-0.1, -0.05) is 0 Å². The highest BCUT2D eigenvalue weighted by molar-refractivity contribution is 7.71. The Labute approximate surface area is 62.3 Å². The van der Waals surface area contributed by atoms with Crippen molar-refractivity contribution in [1.82, 2.24) is 9.55 Å². The average Bonchev–Trinajstić information content (AvgIpc) is 1.82. The summed E-state index contributed by atoms with van der Waals surface area (Å²) in [4.78, 5) is 13.5. The number of hydrogen-bond donors (Lipinski definition) is 2. The fourth-order valence-electron chi connectivity index (χ4n) is 0.573. The molecule has 0 saturated heterocycles. The summed E-state index contributed by atoms with van der Waals surface area (Å²) in [5.41, 5.74) is 5.10. The Balaban J connectivity index is 3.62. The van der Waals surface area contributed by atoms with Crippen LogP contribution in [0.5, 0.6) is 0 Å². The van der Waals surface area contributed by atoms with Crippen molar-refractivity contribution in [3.63, 3.8) is 0 Å². The molecule has 0 aliphatic heterocycles. The van der Waals surface area contributed by atoms with Crippen LogP contribution in [0.25, 0.3) is 0 Å². The summed E-state index contributed by atoms with van der Waals surface area (Å²) in [6.07, 6.45) is 0. The highest BCUT2D eigenvalue weighted by Crippen LogP contribution is 1.87. The number of hydrogen-bond acceptors (Lipinski definition) is 3. The molecule has 0 aliphatic rings. The van der Waals surface area contributed by atoms with Gasteiger partial charge in [-0.2, -0.15) is 0 Å². The monoisotopic (exact) mass is 157 g/mol. The molecule has 0 atom stereocenters. The van der Waals surface area contributed by atoms with Gasteiger partial charge in [0.05, 0.1) is 0 Å². The molecular weight excluding hydrogens is 150 g/mol. The molecule has 3 N–H and O–H groups in total. The topological polar surface area (TPSA) is 63.8 Å². The Hall–Kier alpha value is -1.10. The standard InChI is InChI=1S/C5H7N3OS/c1-8-4(9)2-3(6)7-5(8)10/h2H,6H2,1H3,(H,7,10). The van der Waals surface area contributed by atoms with Crippen LogP contribution in [0.15, 0.2) is 10.9 Å². The predicted molar refractivity (Wildman–Crippen MR) is 41.3 cm³/mol. The number of aromatic amines is 1. The fourth-order valence-corrected chi connectivity index (χ4v) is 0.781. The Morgan fingerprint density at radius 2 is 2.40 bits per heavy atom. The zero-order valence-electron chi connectivity index (χ0n) is 5.42. The third-order valence-corrected chi connectivity index (χ3v) is 1.54. The van der Waals surface area contributed by atoms with Crippen LogP contribution in [-0.4, -0.2) is 9.55 Å². The molecular formula is C5H7N3OS. The van der Waals surface area contributed by atoms with Gasteiger partial charge in [-0.05, 0) is 12.2 Å². The van der Waals surface area contributed by atoms with E-state index in [-0.39, 0.29) is 5.56 Å². The van der Waals surface area contributed by atoms with Crippen LogP contribution >= 0.6 is 12.2 Å². The number of nitrogens with two attached hydrogens (primary N) is 1. The number of nitrogen functional groups attached to an aromatic ring is 1. The minimum absolute atomic E-state index is 0.193. The van der Waals surface area contributed by atoms with Crippen molar-refractivity contribution < 1.29 is 0 Å². The Morgan fingerprint density at radius 3 is 2.90 bits per heavy atom. The highest BCUT2D eigenvalue weighted by atomic mass is 32.1. The number of nitrogens with zero attached hydrogens (tertiary/aromatic N) is 1. The predicted octanol–water partition coefficient (Wildman–Crippen LogP) is 0.0251. The lowest BCUT2D eigenvalue weighted by Gasteiger charge is -1.96. The maximum atomic E-state index is 10.9. The number of nitrogens with one attached hydrogen (secondary N) is 1. The lowest BCUT2D eigenvalue weighted by atomic mass is 10.6. The Bertz CT molecular complexity index is 319. The molecule has 54 valence electrons.